The molecule has 0 saturated heterocycles. The number of rotatable bonds is 7. The van der Waals surface area contributed by atoms with Gasteiger partial charge in [-0.05, 0) is 49.7 Å². The van der Waals surface area contributed by atoms with E-state index in [2.05, 4.69) is 20.0 Å². The summed E-state index contributed by atoms with van der Waals surface area (Å²) in [5.41, 5.74) is 1.75. The Labute approximate surface area is 167 Å². The first kappa shape index (κ1) is 20.1. The number of nitrogens with one attached hydrogen (secondary N) is 2. The van der Waals surface area contributed by atoms with E-state index < -0.39 is 10.0 Å². The van der Waals surface area contributed by atoms with Gasteiger partial charge >= 0.3 is 0 Å². The lowest BCUT2D eigenvalue weighted by Crippen LogP contribution is -2.32. The van der Waals surface area contributed by atoms with Gasteiger partial charge in [0.1, 0.15) is 5.69 Å². The highest BCUT2D eigenvalue weighted by Crippen LogP contribution is 2.23. The van der Waals surface area contributed by atoms with Gasteiger partial charge in [-0.1, -0.05) is 13.0 Å². The van der Waals surface area contributed by atoms with Crippen LogP contribution in [0.2, 0.25) is 0 Å². The standard InChI is InChI=1S/C19H20N4O3S2/c1-3-13(2)23-28(25,26)15-9-7-14(8-10-15)18(24)22-19-21-17(12-27-19)16-6-4-5-11-20-16/h4-13,23H,3H2,1-2H3,(H,21,22,24). The van der Waals surface area contributed by atoms with Crippen LogP contribution in [-0.2, 0) is 10.0 Å². The topological polar surface area (TPSA) is 101 Å². The molecule has 1 unspecified atom stereocenters. The Morgan fingerprint density at radius 3 is 2.54 bits per heavy atom. The maximum Gasteiger partial charge on any atom is 0.257 e. The fourth-order valence-electron chi connectivity index (χ4n) is 2.33. The van der Waals surface area contributed by atoms with Crippen LogP contribution in [0.1, 0.15) is 30.6 Å². The van der Waals surface area contributed by atoms with E-state index >= 15 is 0 Å². The van der Waals surface area contributed by atoms with Gasteiger partial charge in [0.2, 0.25) is 10.0 Å². The Morgan fingerprint density at radius 2 is 1.89 bits per heavy atom. The number of carbonyl (C=O) groups excluding carboxylic acids is 1. The van der Waals surface area contributed by atoms with Gasteiger partial charge in [0.25, 0.3) is 5.91 Å². The monoisotopic (exact) mass is 416 g/mol. The highest BCUT2D eigenvalue weighted by molar-refractivity contribution is 7.89. The van der Waals surface area contributed by atoms with Crippen LogP contribution < -0.4 is 10.0 Å². The zero-order valence-electron chi connectivity index (χ0n) is 15.4. The van der Waals surface area contributed by atoms with Crippen molar-refractivity contribution in [2.45, 2.75) is 31.2 Å². The molecular formula is C19H20N4O3S2. The summed E-state index contributed by atoms with van der Waals surface area (Å²) in [6.45, 7) is 3.70. The van der Waals surface area contributed by atoms with Gasteiger partial charge in [0.05, 0.1) is 10.6 Å². The molecule has 2 aromatic heterocycles. The predicted molar refractivity (Wildman–Crippen MR) is 110 cm³/mol. The minimum absolute atomic E-state index is 0.121. The second-order valence-corrected chi connectivity index (χ2v) is 8.73. The number of pyridine rings is 1. The van der Waals surface area contributed by atoms with Crippen molar-refractivity contribution in [2.24, 2.45) is 0 Å². The van der Waals surface area contributed by atoms with E-state index in [-0.39, 0.29) is 16.8 Å². The highest BCUT2D eigenvalue weighted by Gasteiger charge is 2.17. The van der Waals surface area contributed by atoms with Crippen LogP contribution in [0.25, 0.3) is 11.4 Å². The molecule has 146 valence electrons. The minimum atomic E-state index is -3.60. The molecule has 0 saturated carbocycles. The molecule has 0 bridgehead atoms. The number of hydrogen-bond acceptors (Lipinski definition) is 6. The average Bonchev–Trinajstić information content (AvgIpc) is 3.17. The smallest absolute Gasteiger partial charge is 0.257 e. The van der Waals surface area contributed by atoms with Crippen LogP contribution in [0.3, 0.4) is 0 Å². The second kappa shape index (κ2) is 8.59. The van der Waals surface area contributed by atoms with Crippen molar-refractivity contribution >= 4 is 32.4 Å². The summed E-state index contributed by atoms with van der Waals surface area (Å²) in [7, 11) is -3.60. The number of nitrogens with zero attached hydrogens (tertiary/aromatic N) is 2. The lowest BCUT2D eigenvalue weighted by Gasteiger charge is -2.12. The van der Waals surface area contributed by atoms with Gasteiger partial charge in [-0.15, -0.1) is 11.3 Å². The molecule has 0 radical (unpaired) electrons. The number of benzene rings is 1. The van der Waals surface area contributed by atoms with E-state index in [4.69, 9.17) is 0 Å². The molecule has 0 fully saturated rings. The second-order valence-electron chi connectivity index (χ2n) is 6.16. The Kier molecular flexibility index (Phi) is 6.18. The van der Waals surface area contributed by atoms with Crippen molar-refractivity contribution < 1.29 is 13.2 Å². The van der Waals surface area contributed by atoms with Gasteiger partial charge in [0, 0.05) is 23.2 Å². The average molecular weight is 417 g/mol. The normalized spacial score (nSPS) is 12.5. The number of amides is 1. The SMILES string of the molecule is CCC(C)NS(=O)(=O)c1ccc(C(=O)Nc2nc(-c3ccccn3)cs2)cc1. The summed E-state index contributed by atoms with van der Waals surface area (Å²) < 4.78 is 27.2. The van der Waals surface area contributed by atoms with Gasteiger partial charge < -0.3 is 0 Å². The highest BCUT2D eigenvalue weighted by atomic mass is 32.2. The van der Waals surface area contributed by atoms with Crippen molar-refractivity contribution in [3.8, 4) is 11.4 Å². The zero-order valence-corrected chi connectivity index (χ0v) is 17.0. The maximum atomic E-state index is 12.4. The van der Waals surface area contributed by atoms with E-state index in [0.717, 1.165) is 5.69 Å². The number of aromatic nitrogens is 2. The number of thiazole rings is 1. The molecule has 0 spiro atoms. The third-order valence-corrected chi connectivity index (χ3v) is 6.41. The van der Waals surface area contributed by atoms with Crippen molar-refractivity contribution in [2.75, 3.05) is 5.32 Å². The Balaban J connectivity index is 1.69. The van der Waals surface area contributed by atoms with Crippen LogP contribution in [0.15, 0.2) is 58.9 Å². The first-order valence-corrected chi connectivity index (χ1v) is 11.1. The Hall–Kier alpha value is -2.62. The first-order chi connectivity index (χ1) is 13.4. The summed E-state index contributed by atoms with van der Waals surface area (Å²) in [5.74, 6) is -0.360. The Morgan fingerprint density at radius 1 is 1.14 bits per heavy atom. The lowest BCUT2D eigenvalue weighted by atomic mass is 10.2. The molecule has 1 aromatic carbocycles. The van der Waals surface area contributed by atoms with Crippen LogP contribution >= 0.6 is 11.3 Å². The van der Waals surface area contributed by atoms with E-state index in [1.54, 1.807) is 13.1 Å². The molecule has 1 amide bonds. The van der Waals surface area contributed by atoms with Gasteiger partial charge in [-0.3, -0.25) is 15.1 Å². The predicted octanol–water partition coefficient (Wildman–Crippen LogP) is 3.53. The molecule has 9 heteroatoms. The molecule has 0 aliphatic heterocycles. The molecule has 2 heterocycles. The summed E-state index contributed by atoms with van der Waals surface area (Å²) in [5, 5.41) is 4.98. The number of anilines is 1. The third-order valence-electron chi connectivity index (χ3n) is 4.05. The van der Waals surface area contributed by atoms with Gasteiger partial charge in [-0.2, -0.15) is 0 Å². The van der Waals surface area contributed by atoms with E-state index in [1.807, 2.05) is 30.5 Å². The van der Waals surface area contributed by atoms with Gasteiger partial charge in [-0.25, -0.2) is 18.1 Å². The summed E-state index contributed by atoms with van der Waals surface area (Å²) in [6, 6.07) is 11.2. The first-order valence-electron chi connectivity index (χ1n) is 8.69. The summed E-state index contributed by atoms with van der Waals surface area (Å²) in [4.78, 5) is 21.1. The minimum Gasteiger partial charge on any atom is -0.298 e. The molecule has 3 rings (SSSR count). The molecule has 7 nitrogen and oxygen atoms in total. The summed E-state index contributed by atoms with van der Waals surface area (Å²) in [6.07, 6.45) is 2.37. The third kappa shape index (κ3) is 4.80. The molecule has 28 heavy (non-hydrogen) atoms. The number of sulfonamides is 1. The van der Waals surface area contributed by atoms with E-state index in [9.17, 15) is 13.2 Å². The quantitative estimate of drug-likeness (QED) is 0.613. The molecule has 0 aliphatic rings. The maximum absolute atomic E-state index is 12.4. The lowest BCUT2D eigenvalue weighted by molar-refractivity contribution is 0.102. The Bertz CT molecular complexity index is 1050. The van der Waals surface area contributed by atoms with Gasteiger partial charge in [0.15, 0.2) is 5.13 Å². The molecule has 1 atom stereocenters. The van der Waals surface area contributed by atoms with Crippen LogP contribution in [0.5, 0.6) is 0 Å². The van der Waals surface area contributed by atoms with Crippen molar-refractivity contribution in [1.82, 2.24) is 14.7 Å². The molecule has 0 aliphatic carbocycles. The van der Waals surface area contributed by atoms with Crippen molar-refractivity contribution in [3.05, 3.63) is 59.6 Å². The zero-order chi connectivity index (χ0) is 20.1. The van der Waals surface area contributed by atoms with E-state index in [0.29, 0.717) is 22.8 Å². The number of hydrogen-bond donors (Lipinski definition) is 2. The largest absolute Gasteiger partial charge is 0.298 e. The fraction of sp³-hybridized carbons (Fsp3) is 0.211. The van der Waals surface area contributed by atoms with Crippen LogP contribution in [-0.4, -0.2) is 30.3 Å². The molecular weight excluding hydrogens is 396 g/mol. The molecule has 3 aromatic rings. The molecule has 2 N–H and O–H groups in total. The fourth-order valence-corrected chi connectivity index (χ4v) is 4.36. The number of carbonyl (C=O) groups is 1. The van der Waals surface area contributed by atoms with Crippen molar-refractivity contribution in [3.63, 3.8) is 0 Å². The van der Waals surface area contributed by atoms with Crippen molar-refractivity contribution in [1.29, 1.82) is 0 Å². The van der Waals surface area contributed by atoms with Crippen LogP contribution in [0, 0.1) is 0 Å². The summed E-state index contributed by atoms with van der Waals surface area (Å²) >= 11 is 1.30. The van der Waals surface area contributed by atoms with Crippen LogP contribution in [0.4, 0.5) is 5.13 Å². The van der Waals surface area contributed by atoms with E-state index in [1.165, 1.54) is 35.6 Å².